The molecule has 176 valence electrons. The Kier molecular flexibility index (Phi) is 6.73. The molecule has 2 heterocycles. The Bertz CT molecular complexity index is 1270. The average Bonchev–Trinajstić information content (AvgIpc) is 2.91. The van der Waals surface area contributed by atoms with Gasteiger partial charge in [-0.05, 0) is 67.7 Å². The van der Waals surface area contributed by atoms with Gasteiger partial charge < -0.3 is 19.9 Å². The molecular weight excluding hydrogens is 436 g/mol. The van der Waals surface area contributed by atoms with Gasteiger partial charge in [0.1, 0.15) is 11.5 Å². The number of carbonyl (C=O) groups is 1. The van der Waals surface area contributed by atoms with E-state index in [1.54, 1.807) is 12.3 Å². The highest BCUT2D eigenvalue weighted by Gasteiger charge is 2.14. The van der Waals surface area contributed by atoms with Crippen LogP contribution >= 0.6 is 0 Å². The van der Waals surface area contributed by atoms with Gasteiger partial charge in [-0.3, -0.25) is 9.78 Å². The van der Waals surface area contributed by atoms with Gasteiger partial charge in [0, 0.05) is 54.9 Å². The summed E-state index contributed by atoms with van der Waals surface area (Å²) in [4.78, 5) is 22.1. The first kappa shape index (κ1) is 22.6. The van der Waals surface area contributed by atoms with Gasteiger partial charge >= 0.3 is 0 Å². The van der Waals surface area contributed by atoms with Crippen LogP contribution in [0.4, 0.5) is 11.4 Å². The predicted molar refractivity (Wildman–Crippen MR) is 140 cm³/mol. The van der Waals surface area contributed by atoms with E-state index in [9.17, 15) is 4.79 Å². The second kappa shape index (κ2) is 10.4. The van der Waals surface area contributed by atoms with Crippen LogP contribution in [0.25, 0.3) is 11.3 Å². The zero-order valence-corrected chi connectivity index (χ0v) is 19.7. The van der Waals surface area contributed by atoms with Gasteiger partial charge in [-0.25, -0.2) is 0 Å². The molecular formula is C29H28N4O2. The van der Waals surface area contributed by atoms with E-state index in [1.807, 2.05) is 60.7 Å². The van der Waals surface area contributed by atoms with Gasteiger partial charge in [-0.1, -0.05) is 30.3 Å². The molecule has 1 fully saturated rings. The minimum Gasteiger partial charge on any atom is -0.457 e. The minimum absolute atomic E-state index is 0.181. The van der Waals surface area contributed by atoms with Crippen molar-refractivity contribution in [3.63, 3.8) is 0 Å². The fourth-order valence-electron chi connectivity index (χ4n) is 4.07. The number of hydrogen-bond acceptors (Lipinski definition) is 5. The van der Waals surface area contributed by atoms with Gasteiger partial charge in [0.25, 0.3) is 5.91 Å². The number of hydrogen-bond donors (Lipinski definition) is 1. The topological polar surface area (TPSA) is 57.7 Å². The van der Waals surface area contributed by atoms with Crippen LogP contribution in [0, 0.1) is 0 Å². The van der Waals surface area contributed by atoms with Crippen molar-refractivity contribution in [2.45, 2.75) is 0 Å². The Hall–Kier alpha value is -4.16. The molecule has 1 aromatic heterocycles. The van der Waals surface area contributed by atoms with Gasteiger partial charge in [-0.15, -0.1) is 0 Å². The number of aromatic nitrogens is 1. The summed E-state index contributed by atoms with van der Waals surface area (Å²) in [5.41, 5.74) is 4.23. The van der Waals surface area contributed by atoms with Crippen molar-refractivity contribution in [3.05, 3.63) is 103 Å². The van der Waals surface area contributed by atoms with Crippen molar-refractivity contribution in [3.8, 4) is 22.8 Å². The van der Waals surface area contributed by atoms with Crippen LogP contribution < -0.4 is 15.0 Å². The molecule has 1 N–H and O–H groups in total. The summed E-state index contributed by atoms with van der Waals surface area (Å²) in [6, 6.07) is 28.9. The Labute approximate surface area is 205 Å². The Balaban J connectivity index is 1.23. The summed E-state index contributed by atoms with van der Waals surface area (Å²) in [5.74, 6) is 1.30. The van der Waals surface area contributed by atoms with E-state index in [4.69, 9.17) is 4.74 Å². The van der Waals surface area contributed by atoms with E-state index < -0.39 is 0 Å². The van der Waals surface area contributed by atoms with Gasteiger partial charge in [-0.2, -0.15) is 0 Å². The summed E-state index contributed by atoms with van der Waals surface area (Å²) >= 11 is 0. The predicted octanol–water partition coefficient (Wildman–Crippen LogP) is 5.55. The minimum atomic E-state index is -0.181. The molecule has 0 unspecified atom stereocenters. The molecule has 4 aromatic rings. The molecule has 0 bridgehead atoms. The number of nitrogens with zero attached hydrogens (tertiary/aromatic N) is 3. The molecule has 1 saturated heterocycles. The zero-order chi connectivity index (χ0) is 24.0. The molecule has 1 amide bonds. The lowest BCUT2D eigenvalue weighted by Crippen LogP contribution is -2.44. The quantitative estimate of drug-likeness (QED) is 0.406. The number of amides is 1. The number of benzene rings is 3. The molecule has 6 heteroatoms. The van der Waals surface area contributed by atoms with Gasteiger partial charge in [0.05, 0.1) is 5.69 Å². The summed E-state index contributed by atoms with van der Waals surface area (Å²) in [5, 5.41) is 2.95. The third kappa shape index (κ3) is 5.67. The molecule has 0 aliphatic carbocycles. The van der Waals surface area contributed by atoms with Crippen LogP contribution in [0.1, 0.15) is 10.4 Å². The lowest BCUT2D eigenvalue weighted by atomic mass is 10.1. The van der Waals surface area contributed by atoms with Crippen molar-refractivity contribution in [2.75, 3.05) is 43.4 Å². The van der Waals surface area contributed by atoms with Crippen LogP contribution in [0.3, 0.4) is 0 Å². The average molecular weight is 465 g/mol. The fourth-order valence-corrected chi connectivity index (χ4v) is 4.07. The van der Waals surface area contributed by atoms with E-state index in [0.717, 1.165) is 43.2 Å². The van der Waals surface area contributed by atoms with Crippen LogP contribution in [-0.4, -0.2) is 49.0 Å². The van der Waals surface area contributed by atoms with E-state index in [0.29, 0.717) is 17.0 Å². The number of piperazine rings is 1. The van der Waals surface area contributed by atoms with Crippen LogP contribution in [0.15, 0.2) is 97.2 Å². The number of rotatable bonds is 6. The third-order valence-corrected chi connectivity index (χ3v) is 6.14. The highest BCUT2D eigenvalue weighted by Crippen LogP contribution is 2.25. The first-order valence-corrected chi connectivity index (χ1v) is 11.8. The van der Waals surface area contributed by atoms with Gasteiger partial charge in [0.2, 0.25) is 0 Å². The SMILES string of the molecule is CN1CCN(c2ccc(-c3cc(C(=O)Nc4ccc(Oc5ccccc5)cc4)ccn3)cc2)CC1. The molecule has 6 nitrogen and oxygen atoms in total. The Morgan fingerprint density at radius 3 is 2.23 bits per heavy atom. The molecule has 5 rings (SSSR count). The molecule has 1 aliphatic heterocycles. The summed E-state index contributed by atoms with van der Waals surface area (Å²) in [7, 11) is 2.16. The monoisotopic (exact) mass is 464 g/mol. The number of para-hydroxylation sites is 1. The Morgan fingerprint density at radius 1 is 0.829 bits per heavy atom. The number of pyridine rings is 1. The largest absolute Gasteiger partial charge is 0.457 e. The lowest BCUT2D eigenvalue weighted by molar-refractivity contribution is 0.102. The maximum atomic E-state index is 12.9. The zero-order valence-electron chi connectivity index (χ0n) is 19.7. The molecule has 0 saturated carbocycles. The standard InChI is InChI=1S/C29H28N4O2/c1-32-17-19-33(20-18-32)25-11-7-22(8-12-25)28-21-23(15-16-30-28)29(34)31-24-9-13-27(14-10-24)35-26-5-3-2-4-6-26/h2-16,21H,17-20H2,1H3,(H,31,34). The van der Waals surface area contributed by atoms with E-state index in [-0.39, 0.29) is 5.91 Å². The van der Waals surface area contributed by atoms with Crippen LogP contribution in [0.5, 0.6) is 11.5 Å². The highest BCUT2D eigenvalue weighted by atomic mass is 16.5. The number of ether oxygens (including phenoxy) is 1. The maximum absolute atomic E-state index is 12.9. The number of carbonyl (C=O) groups excluding carboxylic acids is 1. The maximum Gasteiger partial charge on any atom is 0.255 e. The first-order chi connectivity index (χ1) is 17.1. The summed E-state index contributed by atoms with van der Waals surface area (Å²) in [6.45, 7) is 4.21. The van der Waals surface area contributed by atoms with E-state index in [1.165, 1.54) is 5.69 Å². The summed E-state index contributed by atoms with van der Waals surface area (Å²) in [6.07, 6.45) is 1.68. The van der Waals surface area contributed by atoms with E-state index >= 15 is 0 Å². The number of nitrogens with one attached hydrogen (secondary N) is 1. The smallest absolute Gasteiger partial charge is 0.255 e. The Morgan fingerprint density at radius 2 is 1.51 bits per heavy atom. The number of likely N-dealkylation sites (N-methyl/N-ethyl adjacent to an activating group) is 1. The van der Waals surface area contributed by atoms with Crippen molar-refractivity contribution < 1.29 is 9.53 Å². The van der Waals surface area contributed by atoms with Crippen molar-refractivity contribution in [2.24, 2.45) is 0 Å². The van der Waals surface area contributed by atoms with E-state index in [2.05, 4.69) is 51.4 Å². The van der Waals surface area contributed by atoms with Crippen molar-refractivity contribution >= 4 is 17.3 Å². The molecule has 0 spiro atoms. The number of anilines is 2. The molecule has 0 atom stereocenters. The lowest BCUT2D eigenvalue weighted by Gasteiger charge is -2.34. The van der Waals surface area contributed by atoms with Crippen molar-refractivity contribution in [1.29, 1.82) is 0 Å². The van der Waals surface area contributed by atoms with Crippen LogP contribution in [0.2, 0.25) is 0 Å². The molecule has 1 aliphatic rings. The summed E-state index contributed by atoms with van der Waals surface area (Å²) < 4.78 is 5.81. The third-order valence-electron chi connectivity index (χ3n) is 6.14. The first-order valence-electron chi connectivity index (χ1n) is 11.8. The normalized spacial score (nSPS) is 13.9. The fraction of sp³-hybridized carbons (Fsp3) is 0.172. The van der Waals surface area contributed by atoms with Crippen LogP contribution in [-0.2, 0) is 0 Å². The van der Waals surface area contributed by atoms with Crippen molar-refractivity contribution in [1.82, 2.24) is 9.88 Å². The second-order valence-electron chi connectivity index (χ2n) is 8.66. The molecule has 35 heavy (non-hydrogen) atoms. The second-order valence-corrected chi connectivity index (χ2v) is 8.66. The molecule has 0 radical (unpaired) electrons. The van der Waals surface area contributed by atoms with Gasteiger partial charge in [0.15, 0.2) is 0 Å². The highest BCUT2D eigenvalue weighted by molar-refractivity contribution is 6.04. The molecule has 3 aromatic carbocycles.